The zero-order valence-corrected chi connectivity index (χ0v) is 15.5. The molecule has 2 rings (SSSR count). The zero-order valence-electron chi connectivity index (χ0n) is 14.5. The highest BCUT2D eigenvalue weighted by molar-refractivity contribution is 6.83. The third kappa shape index (κ3) is 5.12. The lowest BCUT2D eigenvalue weighted by Gasteiger charge is -2.30. The number of rotatable bonds is 3. The molecule has 1 aromatic carbocycles. The molecule has 1 heterocycles. The molecule has 1 aromatic rings. The molecule has 0 bridgehead atoms. The van der Waals surface area contributed by atoms with Crippen molar-refractivity contribution in [3.8, 4) is 11.5 Å². The molecule has 0 aliphatic carbocycles. The van der Waals surface area contributed by atoms with Crippen LogP contribution in [0, 0.1) is 18.4 Å². The van der Waals surface area contributed by atoms with Crippen LogP contribution in [0.5, 0.6) is 0 Å². The number of nitrogens with zero attached hydrogens (tertiary/aromatic N) is 1. The number of benzene rings is 1. The van der Waals surface area contributed by atoms with Gasteiger partial charge in [-0.05, 0) is 30.2 Å². The van der Waals surface area contributed by atoms with E-state index in [4.69, 9.17) is 0 Å². The molecule has 0 unspecified atom stereocenters. The second-order valence-electron chi connectivity index (χ2n) is 7.09. The third-order valence-corrected chi connectivity index (χ3v) is 4.77. The van der Waals surface area contributed by atoms with Crippen LogP contribution in [0.15, 0.2) is 12.1 Å². The van der Waals surface area contributed by atoms with Gasteiger partial charge in [0.05, 0.1) is 6.42 Å². The summed E-state index contributed by atoms with van der Waals surface area (Å²) in [5.41, 5.74) is 7.33. The largest absolute Gasteiger partial charge is 0.481 e. The maximum atomic E-state index is 11.2. The molecular weight excluding hydrogens is 304 g/mol. The minimum atomic E-state index is -1.47. The van der Waals surface area contributed by atoms with Crippen molar-refractivity contribution >= 4 is 19.7 Å². The molecule has 124 valence electrons. The summed E-state index contributed by atoms with van der Waals surface area (Å²) in [5, 5.41) is 12.5. The van der Waals surface area contributed by atoms with Gasteiger partial charge in [0.1, 0.15) is 8.07 Å². The Morgan fingerprint density at radius 1 is 1.30 bits per heavy atom. The lowest BCUT2D eigenvalue weighted by Crippen LogP contribution is -2.43. The fraction of sp³-hybridized carbons (Fsp3) is 0.500. The molecule has 5 heteroatoms. The summed E-state index contributed by atoms with van der Waals surface area (Å²) in [5.74, 6) is 2.53. The van der Waals surface area contributed by atoms with Gasteiger partial charge in [-0.1, -0.05) is 25.6 Å². The van der Waals surface area contributed by atoms with Gasteiger partial charge in [0.15, 0.2) is 0 Å². The smallest absolute Gasteiger partial charge is 0.307 e. The molecule has 4 nitrogen and oxygen atoms in total. The van der Waals surface area contributed by atoms with Gasteiger partial charge >= 0.3 is 5.97 Å². The van der Waals surface area contributed by atoms with Crippen LogP contribution in [0.2, 0.25) is 19.6 Å². The molecular formula is C18H26N2O2Si. The van der Waals surface area contributed by atoms with E-state index in [0.717, 1.165) is 48.6 Å². The highest BCUT2D eigenvalue weighted by Crippen LogP contribution is 2.24. The van der Waals surface area contributed by atoms with Crippen molar-refractivity contribution in [2.24, 2.45) is 0 Å². The quantitative estimate of drug-likeness (QED) is 0.659. The van der Waals surface area contributed by atoms with E-state index in [-0.39, 0.29) is 6.42 Å². The molecule has 1 saturated heterocycles. The average molecular weight is 331 g/mol. The van der Waals surface area contributed by atoms with Crippen LogP contribution in [-0.4, -0.2) is 45.3 Å². The van der Waals surface area contributed by atoms with Crippen molar-refractivity contribution in [3.63, 3.8) is 0 Å². The van der Waals surface area contributed by atoms with Gasteiger partial charge in [-0.3, -0.25) is 4.79 Å². The molecule has 1 aliphatic heterocycles. The Morgan fingerprint density at radius 3 is 2.52 bits per heavy atom. The van der Waals surface area contributed by atoms with E-state index < -0.39 is 14.0 Å². The van der Waals surface area contributed by atoms with E-state index in [2.05, 4.69) is 47.4 Å². The third-order valence-electron chi connectivity index (χ3n) is 3.90. The van der Waals surface area contributed by atoms with Crippen LogP contribution in [0.4, 0.5) is 5.69 Å². The number of carboxylic acid groups (broad SMARTS) is 1. The molecule has 2 N–H and O–H groups in total. The molecule has 0 aromatic heterocycles. The molecule has 0 saturated carbocycles. The molecule has 1 fully saturated rings. The van der Waals surface area contributed by atoms with Crippen molar-refractivity contribution in [1.82, 2.24) is 5.32 Å². The van der Waals surface area contributed by atoms with E-state index in [9.17, 15) is 9.90 Å². The maximum absolute atomic E-state index is 11.2. The first kappa shape index (κ1) is 17.6. The Labute approximate surface area is 139 Å². The Balaban J connectivity index is 2.45. The van der Waals surface area contributed by atoms with Gasteiger partial charge in [0.2, 0.25) is 0 Å². The first-order chi connectivity index (χ1) is 10.8. The van der Waals surface area contributed by atoms with E-state index in [1.165, 1.54) is 0 Å². The number of piperazine rings is 1. The van der Waals surface area contributed by atoms with Crippen molar-refractivity contribution in [2.45, 2.75) is 33.0 Å². The molecule has 0 amide bonds. The monoisotopic (exact) mass is 330 g/mol. The second kappa shape index (κ2) is 7.20. The van der Waals surface area contributed by atoms with Crippen molar-refractivity contribution in [1.29, 1.82) is 0 Å². The molecule has 0 atom stereocenters. The summed E-state index contributed by atoms with van der Waals surface area (Å²) in [6, 6.07) is 4.15. The summed E-state index contributed by atoms with van der Waals surface area (Å²) in [4.78, 5) is 13.5. The number of carboxylic acids is 1. The van der Waals surface area contributed by atoms with E-state index in [1.54, 1.807) is 0 Å². The summed E-state index contributed by atoms with van der Waals surface area (Å²) in [6.45, 7) is 12.4. The summed E-state index contributed by atoms with van der Waals surface area (Å²) < 4.78 is 0. The fourth-order valence-corrected chi connectivity index (χ4v) is 3.10. The Bertz CT molecular complexity index is 647. The molecule has 1 aliphatic rings. The predicted molar refractivity (Wildman–Crippen MR) is 97.8 cm³/mol. The average Bonchev–Trinajstić information content (AvgIpc) is 2.47. The Kier molecular flexibility index (Phi) is 5.50. The lowest BCUT2D eigenvalue weighted by molar-refractivity contribution is -0.136. The lowest BCUT2D eigenvalue weighted by atomic mass is 9.98. The van der Waals surface area contributed by atoms with Crippen LogP contribution in [0.25, 0.3) is 0 Å². The van der Waals surface area contributed by atoms with Crippen molar-refractivity contribution in [3.05, 3.63) is 28.8 Å². The van der Waals surface area contributed by atoms with Gasteiger partial charge in [-0.25, -0.2) is 0 Å². The first-order valence-corrected chi connectivity index (χ1v) is 11.6. The number of nitrogens with one attached hydrogen (secondary N) is 1. The van der Waals surface area contributed by atoms with Crippen molar-refractivity contribution < 1.29 is 9.90 Å². The second-order valence-corrected chi connectivity index (χ2v) is 11.8. The summed E-state index contributed by atoms with van der Waals surface area (Å²) in [7, 11) is -1.47. The summed E-state index contributed by atoms with van der Waals surface area (Å²) in [6.07, 6.45) is 0.0490. The van der Waals surface area contributed by atoms with Crippen LogP contribution < -0.4 is 10.2 Å². The molecule has 0 spiro atoms. The topological polar surface area (TPSA) is 52.6 Å². The van der Waals surface area contributed by atoms with E-state index in [0.29, 0.717) is 0 Å². The molecule has 0 radical (unpaired) electrons. The van der Waals surface area contributed by atoms with Gasteiger partial charge in [0.25, 0.3) is 0 Å². The van der Waals surface area contributed by atoms with E-state index >= 15 is 0 Å². The highest BCUT2D eigenvalue weighted by atomic mass is 28.3. The Morgan fingerprint density at radius 2 is 1.96 bits per heavy atom. The van der Waals surface area contributed by atoms with Crippen LogP contribution in [0.1, 0.15) is 16.7 Å². The summed E-state index contributed by atoms with van der Waals surface area (Å²) >= 11 is 0. The number of anilines is 1. The van der Waals surface area contributed by atoms with Gasteiger partial charge in [-0.15, -0.1) is 5.54 Å². The Hall–Kier alpha value is -1.77. The number of aliphatic carboxylic acids is 1. The van der Waals surface area contributed by atoms with Crippen LogP contribution >= 0.6 is 0 Å². The maximum Gasteiger partial charge on any atom is 0.307 e. The van der Waals surface area contributed by atoms with E-state index in [1.807, 2.05) is 13.0 Å². The van der Waals surface area contributed by atoms with Crippen molar-refractivity contribution in [2.75, 3.05) is 31.1 Å². The zero-order chi connectivity index (χ0) is 17.0. The van der Waals surface area contributed by atoms with Gasteiger partial charge in [0, 0.05) is 37.4 Å². The highest BCUT2D eigenvalue weighted by Gasteiger charge is 2.16. The fourth-order valence-electron chi connectivity index (χ4n) is 2.59. The number of carbonyl (C=O) groups is 1. The number of hydrogen-bond acceptors (Lipinski definition) is 3. The minimum Gasteiger partial charge on any atom is -0.481 e. The standard InChI is InChI=1S/C18H26N2O2Si/c1-14-15(5-10-23(2,3)4)11-17(12-16(14)13-18(21)22)20-8-6-19-7-9-20/h11-12,19H,6-9,13H2,1-4H3,(H,21,22). The van der Waals surface area contributed by atoms with Gasteiger partial charge in [-0.2, -0.15) is 0 Å². The van der Waals surface area contributed by atoms with Crippen LogP contribution in [-0.2, 0) is 11.2 Å². The van der Waals surface area contributed by atoms with Gasteiger partial charge < -0.3 is 15.3 Å². The molecule has 23 heavy (non-hydrogen) atoms. The normalized spacial score (nSPS) is 15.0. The number of hydrogen-bond donors (Lipinski definition) is 2. The minimum absolute atomic E-state index is 0.0490. The predicted octanol–water partition coefficient (Wildman–Crippen LogP) is 2.26. The first-order valence-electron chi connectivity index (χ1n) is 8.10. The SMILES string of the molecule is Cc1c(C#C[Si](C)(C)C)cc(N2CCNCC2)cc1CC(=O)O. The van der Waals surface area contributed by atoms with Crippen LogP contribution in [0.3, 0.4) is 0 Å².